The highest BCUT2D eigenvalue weighted by atomic mass is 16.3. The van der Waals surface area contributed by atoms with Gasteiger partial charge >= 0.3 is 0 Å². The Balaban J connectivity index is 1.32. The fourth-order valence-corrected chi connectivity index (χ4v) is 9.18. The highest BCUT2D eigenvalue weighted by Crippen LogP contribution is 2.65. The van der Waals surface area contributed by atoms with Gasteiger partial charge in [-0.2, -0.15) is 0 Å². The van der Waals surface area contributed by atoms with Crippen molar-refractivity contribution in [3.05, 3.63) is 210 Å². The van der Waals surface area contributed by atoms with Crippen LogP contribution in [0.1, 0.15) is 22.3 Å². The Morgan fingerprint density at radius 3 is 1.57 bits per heavy atom. The first kappa shape index (κ1) is 28.2. The fraction of sp³-hybridized carbons (Fsp3) is 0.0204. The maximum Gasteiger partial charge on any atom is 0.137 e. The van der Waals surface area contributed by atoms with E-state index in [0.717, 1.165) is 44.6 Å². The van der Waals surface area contributed by atoms with Gasteiger partial charge in [-0.25, -0.2) is 0 Å². The molecule has 2 heteroatoms. The van der Waals surface area contributed by atoms with E-state index in [-0.39, 0.29) is 0 Å². The SMILES string of the molecule is c1ccc(-c2ccccc2N(c2cccc3c2C2(c4ccccc4-c4ccccc42)c2ccccc2-3)c2cccc3oc4ccccc4c23)cc1. The molecule has 238 valence electrons. The van der Waals surface area contributed by atoms with Crippen molar-refractivity contribution < 1.29 is 4.42 Å². The number of rotatable bonds is 4. The second kappa shape index (κ2) is 10.7. The zero-order chi connectivity index (χ0) is 33.5. The van der Waals surface area contributed by atoms with Crippen molar-refractivity contribution >= 4 is 39.0 Å². The first-order valence-corrected chi connectivity index (χ1v) is 17.6. The van der Waals surface area contributed by atoms with Gasteiger partial charge < -0.3 is 9.32 Å². The van der Waals surface area contributed by atoms with Crippen LogP contribution in [0.25, 0.3) is 55.3 Å². The van der Waals surface area contributed by atoms with Gasteiger partial charge in [0.2, 0.25) is 0 Å². The predicted molar refractivity (Wildman–Crippen MR) is 210 cm³/mol. The summed E-state index contributed by atoms with van der Waals surface area (Å²) >= 11 is 0. The largest absolute Gasteiger partial charge is 0.456 e. The first-order chi connectivity index (χ1) is 25.3. The number of furan rings is 1. The molecule has 0 amide bonds. The standard InChI is InChI=1S/C49H31NO/c1-2-16-32(17-3-1)33-18-7-12-27-42(33)50(43-28-15-31-46-47(43)38-22-8-13-30-45(38)51-46)44-29-14-23-37-36-21-6-11-26-41(36)49(48(37)44)39-24-9-4-19-34(39)35-20-5-10-25-40(35)49/h1-31H. The predicted octanol–water partition coefficient (Wildman–Crippen LogP) is 13.1. The van der Waals surface area contributed by atoms with Crippen molar-refractivity contribution in [3.63, 3.8) is 0 Å². The Bertz CT molecular complexity index is 2760. The summed E-state index contributed by atoms with van der Waals surface area (Å²) in [5.41, 5.74) is 17.3. The van der Waals surface area contributed by atoms with Crippen LogP contribution in [0, 0.1) is 0 Å². The average Bonchev–Trinajstić information content (AvgIpc) is 3.83. The molecule has 8 aromatic carbocycles. The van der Waals surface area contributed by atoms with Crippen LogP contribution in [-0.2, 0) is 5.41 Å². The molecule has 0 fully saturated rings. The van der Waals surface area contributed by atoms with Gasteiger partial charge in [0.15, 0.2) is 0 Å². The van der Waals surface area contributed by atoms with E-state index in [2.05, 4.69) is 187 Å². The molecule has 0 aliphatic heterocycles. The summed E-state index contributed by atoms with van der Waals surface area (Å²) in [7, 11) is 0. The second-order valence-corrected chi connectivity index (χ2v) is 13.6. The molecule has 0 N–H and O–H groups in total. The number of nitrogens with zero attached hydrogens (tertiary/aromatic N) is 1. The molecule has 2 aliphatic rings. The van der Waals surface area contributed by atoms with Crippen LogP contribution >= 0.6 is 0 Å². The Labute approximate surface area is 296 Å². The van der Waals surface area contributed by atoms with Crippen LogP contribution in [0.3, 0.4) is 0 Å². The van der Waals surface area contributed by atoms with E-state index in [0.29, 0.717) is 0 Å². The Kier molecular flexibility index (Phi) is 5.91. The van der Waals surface area contributed by atoms with E-state index in [9.17, 15) is 0 Å². The lowest BCUT2D eigenvalue weighted by atomic mass is 9.70. The van der Waals surface area contributed by atoms with Crippen molar-refractivity contribution in [1.29, 1.82) is 0 Å². The van der Waals surface area contributed by atoms with E-state index >= 15 is 0 Å². The van der Waals surface area contributed by atoms with Crippen molar-refractivity contribution in [2.45, 2.75) is 5.41 Å². The van der Waals surface area contributed by atoms with Gasteiger partial charge in [-0.3, -0.25) is 0 Å². The van der Waals surface area contributed by atoms with E-state index in [1.54, 1.807) is 0 Å². The number of benzene rings is 8. The minimum Gasteiger partial charge on any atom is -0.456 e. The van der Waals surface area contributed by atoms with Crippen LogP contribution < -0.4 is 4.90 Å². The van der Waals surface area contributed by atoms with Crippen molar-refractivity contribution in [3.8, 4) is 33.4 Å². The van der Waals surface area contributed by atoms with Gasteiger partial charge in [0, 0.05) is 16.5 Å². The molecule has 0 saturated carbocycles. The van der Waals surface area contributed by atoms with Crippen LogP contribution in [0.5, 0.6) is 0 Å². The third-order valence-corrected chi connectivity index (χ3v) is 11.1. The van der Waals surface area contributed by atoms with Crippen LogP contribution in [-0.4, -0.2) is 0 Å². The summed E-state index contributed by atoms with van der Waals surface area (Å²) in [4.78, 5) is 2.52. The third kappa shape index (κ3) is 3.76. The summed E-state index contributed by atoms with van der Waals surface area (Å²) < 4.78 is 6.53. The molecule has 0 unspecified atom stereocenters. The summed E-state index contributed by atoms with van der Waals surface area (Å²) in [6, 6.07) is 68.5. The van der Waals surface area contributed by atoms with E-state index in [1.165, 1.54) is 50.1 Å². The van der Waals surface area contributed by atoms with Crippen LogP contribution in [0.4, 0.5) is 17.1 Å². The highest BCUT2D eigenvalue weighted by Gasteiger charge is 2.53. The minimum atomic E-state index is -0.512. The van der Waals surface area contributed by atoms with E-state index < -0.39 is 5.41 Å². The number of para-hydroxylation sites is 2. The zero-order valence-corrected chi connectivity index (χ0v) is 27.8. The molecular formula is C49H31NO. The number of fused-ring (bicyclic) bond motifs is 13. The van der Waals surface area contributed by atoms with Crippen molar-refractivity contribution in [1.82, 2.24) is 0 Å². The molecule has 0 atom stereocenters. The number of anilines is 3. The molecule has 1 heterocycles. The normalized spacial score (nSPS) is 13.3. The monoisotopic (exact) mass is 649 g/mol. The number of hydrogen-bond donors (Lipinski definition) is 0. The Hall–Kier alpha value is -6.64. The number of hydrogen-bond acceptors (Lipinski definition) is 2. The minimum absolute atomic E-state index is 0.512. The summed E-state index contributed by atoms with van der Waals surface area (Å²) in [6.07, 6.45) is 0. The lowest BCUT2D eigenvalue weighted by Gasteiger charge is -2.36. The molecule has 2 nitrogen and oxygen atoms in total. The second-order valence-electron chi connectivity index (χ2n) is 13.6. The molecule has 0 saturated heterocycles. The third-order valence-electron chi connectivity index (χ3n) is 11.1. The fourth-order valence-electron chi connectivity index (χ4n) is 9.18. The lowest BCUT2D eigenvalue weighted by molar-refractivity contribution is 0.669. The maximum atomic E-state index is 6.53. The Morgan fingerprint density at radius 1 is 0.353 bits per heavy atom. The molecular weight excluding hydrogens is 619 g/mol. The van der Waals surface area contributed by atoms with E-state index in [1.807, 2.05) is 6.07 Å². The maximum absolute atomic E-state index is 6.53. The van der Waals surface area contributed by atoms with Crippen LogP contribution in [0.2, 0.25) is 0 Å². The molecule has 11 rings (SSSR count). The van der Waals surface area contributed by atoms with Gasteiger partial charge in [-0.05, 0) is 74.8 Å². The van der Waals surface area contributed by atoms with Gasteiger partial charge in [0.25, 0.3) is 0 Å². The molecule has 9 aromatic rings. The molecule has 1 spiro atoms. The molecule has 0 bridgehead atoms. The van der Waals surface area contributed by atoms with Gasteiger partial charge in [-0.1, -0.05) is 158 Å². The highest BCUT2D eigenvalue weighted by molar-refractivity contribution is 6.14. The molecule has 0 radical (unpaired) electrons. The van der Waals surface area contributed by atoms with Gasteiger partial charge in [0.1, 0.15) is 11.2 Å². The Morgan fingerprint density at radius 2 is 0.843 bits per heavy atom. The first-order valence-electron chi connectivity index (χ1n) is 17.6. The molecule has 1 aromatic heterocycles. The quantitative estimate of drug-likeness (QED) is 0.189. The van der Waals surface area contributed by atoms with Gasteiger partial charge in [-0.15, -0.1) is 0 Å². The average molecular weight is 650 g/mol. The van der Waals surface area contributed by atoms with Crippen molar-refractivity contribution in [2.75, 3.05) is 4.90 Å². The smallest absolute Gasteiger partial charge is 0.137 e. The van der Waals surface area contributed by atoms with E-state index in [4.69, 9.17) is 4.42 Å². The zero-order valence-electron chi connectivity index (χ0n) is 27.8. The van der Waals surface area contributed by atoms with Crippen molar-refractivity contribution in [2.24, 2.45) is 0 Å². The molecule has 2 aliphatic carbocycles. The molecule has 51 heavy (non-hydrogen) atoms. The lowest BCUT2D eigenvalue weighted by Crippen LogP contribution is -2.28. The van der Waals surface area contributed by atoms with Gasteiger partial charge in [0.05, 0.1) is 27.9 Å². The summed E-state index contributed by atoms with van der Waals surface area (Å²) in [5.74, 6) is 0. The summed E-state index contributed by atoms with van der Waals surface area (Å²) in [6.45, 7) is 0. The summed E-state index contributed by atoms with van der Waals surface area (Å²) in [5, 5.41) is 2.21. The van der Waals surface area contributed by atoms with Crippen LogP contribution in [0.15, 0.2) is 192 Å². The topological polar surface area (TPSA) is 16.4 Å².